The van der Waals surface area contributed by atoms with Crippen molar-refractivity contribution in [3.8, 4) is 11.5 Å². The van der Waals surface area contributed by atoms with Crippen molar-refractivity contribution in [1.82, 2.24) is 15.1 Å². The minimum atomic E-state index is -2.68. The molecule has 0 unspecified atom stereocenters. The number of aliphatic imine (C=N–C) groups is 1. The van der Waals surface area contributed by atoms with Crippen LogP contribution in [0.4, 0.5) is 14.6 Å². The molecule has 2 aromatic rings. The average molecular weight is 540 g/mol. The summed E-state index contributed by atoms with van der Waals surface area (Å²) in [4.78, 5) is 11.5. The number of amidine groups is 1. The van der Waals surface area contributed by atoms with Crippen molar-refractivity contribution in [2.75, 3.05) is 26.2 Å². The summed E-state index contributed by atoms with van der Waals surface area (Å²) in [6.07, 6.45) is -0.324. The monoisotopic (exact) mass is 541 g/mol. The summed E-state index contributed by atoms with van der Waals surface area (Å²) in [6.45, 7) is 0.889. The molecule has 1 fully saturated rings. The average Bonchev–Trinajstić information content (AvgIpc) is 3.10. The van der Waals surface area contributed by atoms with E-state index in [4.69, 9.17) is 14.6 Å². The molecule has 31 heavy (non-hydrogen) atoms. The summed E-state index contributed by atoms with van der Waals surface area (Å²) in [5, 5.41) is 11.6. The van der Waals surface area contributed by atoms with Crippen molar-refractivity contribution < 1.29 is 18.3 Å². The number of rotatable bonds is 6. The van der Waals surface area contributed by atoms with Crippen LogP contribution in [0.25, 0.3) is 0 Å². The van der Waals surface area contributed by atoms with E-state index in [1.165, 1.54) is 0 Å². The molecule has 4 rings (SSSR count). The molecule has 2 heterocycles. The predicted octanol–water partition coefficient (Wildman–Crippen LogP) is 3.34. The first-order valence-corrected chi connectivity index (χ1v) is 20.4. The van der Waals surface area contributed by atoms with Gasteiger partial charge in [-0.25, -0.2) is 0 Å². The number of fused-ring (bicyclic) bond motifs is 1. The van der Waals surface area contributed by atoms with Gasteiger partial charge in [-0.2, -0.15) is 0 Å². The fraction of sp³-hybridized carbons (Fsp3) is 0.524. The van der Waals surface area contributed by atoms with Crippen LogP contribution in [-0.4, -0.2) is 60.8 Å². The fourth-order valence-corrected chi connectivity index (χ4v) is 7.99. The number of nitrogens with one attached hydrogen (secondary N) is 2. The van der Waals surface area contributed by atoms with E-state index in [1.807, 2.05) is 18.2 Å². The molecular weight excluding hydrogens is 511 g/mol. The van der Waals surface area contributed by atoms with Crippen LogP contribution in [0.5, 0.6) is 11.5 Å². The van der Waals surface area contributed by atoms with Gasteiger partial charge in [0, 0.05) is 0 Å². The van der Waals surface area contributed by atoms with E-state index in [9.17, 15) is 8.78 Å². The second-order valence-electron chi connectivity index (χ2n) is 9.06. The molecule has 10 heteroatoms. The Labute approximate surface area is 185 Å². The van der Waals surface area contributed by atoms with Crippen molar-refractivity contribution in [3.05, 3.63) is 29.3 Å². The first-order chi connectivity index (χ1) is 14.6. The molecule has 2 N–H and O–H groups in total. The zero-order valence-electron chi connectivity index (χ0n) is 18.6. The number of hydrogen-bond acceptors (Lipinski definition) is 6. The number of hydrogen-bond donors (Lipinski definition) is 2. The van der Waals surface area contributed by atoms with Crippen LogP contribution in [0, 0.1) is 0 Å². The molecule has 0 bridgehead atoms. The molecule has 1 aromatic carbocycles. The Kier molecular flexibility index (Phi) is 5.82. The van der Waals surface area contributed by atoms with E-state index in [1.54, 1.807) is 18.9 Å². The van der Waals surface area contributed by atoms with Gasteiger partial charge >= 0.3 is 185 Å². The quantitative estimate of drug-likeness (QED) is 0.551. The topological polar surface area (TPSA) is 72.7 Å². The van der Waals surface area contributed by atoms with E-state index in [0.29, 0.717) is 13.2 Å². The number of anilines is 1. The first kappa shape index (κ1) is 22.2. The molecule has 0 amide bonds. The number of methoxy groups -OCH3 is 2. The van der Waals surface area contributed by atoms with Gasteiger partial charge in [-0.3, -0.25) is 0 Å². The summed E-state index contributed by atoms with van der Waals surface area (Å²) >= 11 is -2.68. The van der Waals surface area contributed by atoms with Crippen LogP contribution in [0.15, 0.2) is 23.2 Å². The Bertz CT molecular complexity index is 1010. The Morgan fingerprint density at radius 1 is 1.23 bits per heavy atom. The van der Waals surface area contributed by atoms with Gasteiger partial charge < -0.3 is 0 Å². The number of alkyl halides is 2. The Morgan fingerprint density at radius 2 is 1.97 bits per heavy atom. The third kappa shape index (κ3) is 4.33. The number of aromatic nitrogens is 2. The molecule has 0 spiro atoms. The summed E-state index contributed by atoms with van der Waals surface area (Å²) < 4.78 is 40.7. The van der Waals surface area contributed by atoms with E-state index < -0.39 is 24.3 Å². The molecule has 1 aliphatic heterocycles. The Hall–Kier alpha value is -2.04. The van der Waals surface area contributed by atoms with Gasteiger partial charge in [0.15, 0.2) is 0 Å². The molecule has 168 valence electrons. The normalized spacial score (nSPS) is 17.8. The van der Waals surface area contributed by atoms with Gasteiger partial charge in [0.25, 0.3) is 0 Å². The summed E-state index contributed by atoms with van der Waals surface area (Å²) in [6, 6.07) is 5.41. The van der Waals surface area contributed by atoms with Crippen LogP contribution < -0.4 is 23.8 Å². The number of ether oxygens (including phenoxy) is 2. The molecule has 0 saturated heterocycles. The second-order valence-corrected chi connectivity index (χ2v) is 23.3. The molecule has 2 aliphatic rings. The van der Waals surface area contributed by atoms with Crippen molar-refractivity contribution >= 4 is 33.7 Å². The predicted molar refractivity (Wildman–Crippen MR) is 120 cm³/mol. The number of benzene rings is 1. The van der Waals surface area contributed by atoms with Crippen molar-refractivity contribution in [2.24, 2.45) is 4.99 Å². The second kappa shape index (κ2) is 8.14. The SMILES string of the molecule is COc1ccc(CNC2=NCNc3c2[c]([Sn]([CH3])([CH3])[CH3])nn3C2CC(F)(F)C2)c(OC)c1. The molecule has 0 atom stereocenters. The van der Waals surface area contributed by atoms with E-state index >= 15 is 0 Å². The van der Waals surface area contributed by atoms with Crippen molar-refractivity contribution in [2.45, 2.75) is 46.2 Å². The van der Waals surface area contributed by atoms with Gasteiger partial charge in [0.05, 0.1) is 0 Å². The van der Waals surface area contributed by atoms with Crippen molar-refractivity contribution in [3.63, 3.8) is 0 Å². The Morgan fingerprint density at radius 3 is 2.58 bits per heavy atom. The van der Waals surface area contributed by atoms with Gasteiger partial charge in [-0.1, -0.05) is 0 Å². The summed E-state index contributed by atoms with van der Waals surface area (Å²) in [5.41, 5.74) is 1.91. The zero-order valence-corrected chi connectivity index (χ0v) is 21.4. The van der Waals surface area contributed by atoms with Crippen LogP contribution in [0.1, 0.15) is 30.0 Å². The van der Waals surface area contributed by atoms with Gasteiger partial charge in [0.2, 0.25) is 0 Å². The molecule has 1 aromatic heterocycles. The van der Waals surface area contributed by atoms with Crippen LogP contribution >= 0.6 is 0 Å². The van der Waals surface area contributed by atoms with Crippen molar-refractivity contribution in [1.29, 1.82) is 0 Å². The molecule has 1 saturated carbocycles. The standard InChI is InChI=1S/C18H20F2N5O2.3CH3.Sn/c1-26-13-4-3-11(15(5-13)27-2)8-21-16-14-9-24-25(17(14)23-10-22-16)12-6-18(19,20)7-12;;;;/h3-5,12,23H,6-8,10H2,1-2H3,(H,21,22);3*1H3;. The number of nitrogens with zero attached hydrogens (tertiary/aromatic N) is 3. The zero-order chi connectivity index (χ0) is 22.4. The molecular formula is C21H29F2N5O2Sn. The fourth-order valence-electron chi connectivity index (χ4n) is 4.01. The minimum absolute atomic E-state index is 0.162. The molecule has 1 aliphatic carbocycles. The maximum absolute atomic E-state index is 13.6. The van der Waals surface area contributed by atoms with E-state index in [0.717, 1.165) is 38.0 Å². The van der Waals surface area contributed by atoms with E-state index in [2.05, 4.69) is 30.4 Å². The van der Waals surface area contributed by atoms with E-state index in [-0.39, 0.29) is 18.9 Å². The van der Waals surface area contributed by atoms with Gasteiger partial charge in [0.1, 0.15) is 0 Å². The summed E-state index contributed by atoms with van der Waals surface area (Å²) in [5.74, 6) is 0.421. The summed E-state index contributed by atoms with van der Waals surface area (Å²) in [7, 11) is 3.25. The van der Waals surface area contributed by atoms with Crippen LogP contribution in [0.3, 0.4) is 0 Å². The van der Waals surface area contributed by atoms with Crippen LogP contribution in [0.2, 0.25) is 14.8 Å². The Balaban J connectivity index is 1.64. The maximum atomic E-state index is 13.6. The molecule has 0 radical (unpaired) electrons. The number of halogens is 2. The first-order valence-electron chi connectivity index (χ1n) is 10.4. The van der Waals surface area contributed by atoms with Crippen LogP contribution in [-0.2, 0) is 6.54 Å². The van der Waals surface area contributed by atoms with Gasteiger partial charge in [-0.05, 0) is 0 Å². The third-order valence-corrected chi connectivity index (χ3v) is 10.8. The van der Waals surface area contributed by atoms with Gasteiger partial charge in [-0.15, -0.1) is 0 Å². The molecule has 7 nitrogen and oxygen atoms in total. The third-order valence-electron chi connectivity index (χ3n) is 5.70.